The average Bonchev–Trinajstić information content (AvgIpc) is 2.72. The summed E-state index contributed by atoms with van der Waals surface area (Å²) in [6.45, 7) is 0. The molecule has 0 aliphatic rings. The molecule has 3 aromatic carbocycles. The van der Waals surface area contributed by atoms with Gasteiger partial charge in [-0.05, 0) is 18.2 Å². The van der Waals surface area contributed by atoms with Crippen molar-refractivity contribution >= 4 is 17.1 Å². The zero-order valence-corrected chi connectivity index (χ0v) is 15.6. The molecule has 0 saturated heterocycles. The van der Waals surface area contributed by atoms with Gasteiger partial charge < -0.3 is 19.9 Å². The molecule has 2 N–H and O–H groups in total. The van der Waals surface area contributed by atoms with E-state index in [9.17, 15) is 0 Å². The monoisotopic (exact) mass is 362 g/mol. The SMILES string of the molecule is COc1cc(OC)c(C(=Nc2ccccc2)c2ccccc2N)c(OC)c1. The number of hydrogen-bond donors (Lipinski definition) is 1. The largest absolute Gasteiger partial charge is 0.496 e. The number of benzene rings is 3. The first kappa shape index (κ1) is 18.3. The van der Waals surface area contributed by atoms with Crippen LogP contribution in [0.2, 0.25) is 0 Å². The molecule has 0 fully saturated rings. The number of aliphatic imine (C=N–C) groups is 1. The molecule has 3 rings (SSSR count). The number of nitrogens with zero attached hydrogens (tertiary/aromatic N) is 1. The molecule has 0 spiro atoms. The standard InChI is InChI=1S/C22H22N2O3/c1-25-16-13-19(26-2)21(20(14-16)27-3)22(17-11-7-8-12-18(17)23)24-15-9-5-4-6-10-15/h4-14H,23H2,1-3H3. The Bertz CT molecular complexity index is 928. The number of rotatable bonds is 6. The summed E-state index contributed by atoms with van der Waals surface area (Å²) in [5, 5.41) is 0. The molecule has 0 heterocycles. The molecule has 5 nitrogen and oxygen atoms in total. The summed E-state index contributed by atoms with van der Waals surface area (Å²) in [6, 6.07) is 20.9. The highest BCUT2D eigenvalue weighted by Crippen LogP contribution is 2.37. The summed E-state index contributed by atoms with van der Waals surface area (Å²) in [6.07, 6.45) is 0. The molecular formula is C22H22N2O3. The lowest BCUT2D eigenvalue weighted by atomic mass is 9.98. The molecule has 0 aliphatic heterocycles. The molecule has 0 aromatic heterocycles. The maximum absolute atomic E-state index is 6.26. The van der Waals surface area contributed by atoms with E-state index in [-0.39, 0.29) is 0 Å². The van der Waals surface area contributed by atoms with Crippen molar-refractivity contribution in [2.75, 3.05) is 27.1 Å². The number of nitrogen functional groups attached to an aromatic ring is 1. The molecule has 0 radical (unpaired) electrons. The van der Waals surface area contributed by atoms with Gasteiger partial charge in [-0.2, -0.15) is 0 Å². The number of hydrogen-bond acceptors (Lipinski definition) is 5. The van der Waals surface area contributed by atoms with Crippen LogP contribution in [0.5, 0.6) is 17.2 Å². The van der Waals surface area contributed by atoms with Crippen molar-refractivity contribution in [3.63, 3.8) is 0 Å². The molecule has 0 unspecified atom stereocenters. The number of anilines is 1. The molecule has 0 bridgehead atoms. The number of ether oxygens (including phenoxy) is 3. The van der Waals surface area contributed by atoms with Gasteiger partial charge in [0.25, 0.3) is 0 Å². The average molecular weight is 362 g/mol. The van der Waals surface area contributed by atoms with Gasteiger partial charge in [-0.1, -0.05) is 36.4 Å². The molecule has 0 amide bonds. The smallest absolute Gasteiger partial charge is 0.135 e. The second kappa shape index (κ2) is 8.27. The third-order valence-corrected chi connectivity index (χ3v) is 4.16. The highest BCUT2D eigenvalue weighted by molar-refractivity contribution is 6.19. The Morgan fingerprint density at radius 1 is 0.778 bits per heavy atom. The Balaban J connectivity index is 2.32. The van der Waals surface area contributed by atoms with Gasteiger partial charge in [0.05, 0.1) is 38.3 Å². The van der Waals surface area contributed by atoms with Crippen LogP contribution in [-0.4, -0.2) is 27.0 Å². The number of methoxy groups -OCH3 is 3. The Labute approximate surface area is 159 Å². The quantitative estimate of drug-likeness (QED) is 0.519. The van der Waals surface area contributed by atoms with E-state index in [4.69, 9.17) is 24.9 Å². The molecule has 138 valence electrons. The Hall–Kier alpha value is -3.47. The molecule has 0 atom stereocenters. The summed E-state index contributed by atoms with van der Waals surface area (Å²) < 4.78 is 16.6. The molecule has 5 heteroatoms. The van der Waals surface area contributed by atoms with Crippen LogP contribution in [0.4, 0.5) is 11.4 Å². The van der Waals surface area contributed by atoms with Crippen LogP contribution in [0.1, 0.15) is 11.1 Å². The fourth-order valence-corrected chi connectivity index (χ4v) is 2.83. The normalized spacial score (nSPS) is 11.1. The van der Waals surface area contributed by atoms with Crippen LogP contribution in [-0.2, 0) is 0 Å². The van der Waals surface area contributed by atoms with E-state index in [1.165, 1.54) is 0 Å². The van der Waals surface area contributed by atoms with Gasteiger partial charge >= 0.3 is 0 Å². The number of nitrogens with two attached hydrogens (primary N) is 1. The van der Waals surface area contributed by atoms with E-state index in [0.29, 0.717) is 34.2 Å². The van der Waals surface area contributed by atoms with E-state index in [1.807, 2.05) is 54.6 Å². The van der Waals surface area contributed by atoms with Gasteiger partial charge in [-0.25, -0.2) is 4.99 Å². The summed E-state index contributed by atoms with van der Waals surface area (Å²) in [7, 11) is 4.81. The van der Waals surface area contributed by atoms with E-state index < -0.39 is 0 Å². The Morgan fingerprint density at radius 2 is 1.37 bits per heavy atom. The summed E-state index contributed by atoms with van der Waals surface area (Å²) in [5.41, 5.74) is 9.85. The van der Waals surface area contributed by atoms with Crippen molar-refractivity contribution in [2.24, 2.45) is 4.99 Å². The fourth-order valence-electron chi connectivity index (χ4n) is 2.83. The highest BCUT2D eigenvalue weighted by Gasteiger charge is 2.21. The lowest BCUT2D eigenvalue weighted by Gasteiger charge is -2.18. The predicted octanol–water partition coefficient (Wildman–Crippen LogP) is 4.46. The van der Waals surface area contributed by atoms with Crippen LogP contribution in [0.3, 0.4) is 0 Å². The first-order valence-electron chi connectivity index (χ1n) is 8.47. The number of para-hydroxylation sites is 2. The molecule has 3 aromatic rings. The Kier molecular flexibility index (Phi) is 5.61. The van der Waals surface area contributed by atoms with Gasteiger partial charge in [0.2, 0.25) is 0 Å². The van der Waals surface area contributed by atoms with Crippen LogP contribution >= 0.6 is 0 Å². The van der Waals surface area contributed by atoms with Crippen molar-refractivity contribution in [3.8, 4) is 17.2 Å². The lowest BCUT2D eigenvalue weighted by molar-refractivity contribution is 0.374. The van der Waals surface area contributed by atoms with Crippen LogP contribution in [0.25, 0.3) is 0 Å². The second-order valence-corrected chi connectivity index (χ2v) is 5.79. The van der Waals surface area contributed by atoms with E-state index >= 15 is 0 Å². The maximum atomic E-state index is 6.26. The zero-order valence-electron chi connectivity index (χ0n) is 15.6. The zero-order chi connectivity index (χ0) is 19.2. The minimum Gasteiger partial charge on any atom is -0.496 e. The van der Waals surface area contributed by atoms with Gasteiger partial charge in [-0.3, -0.25) is 0 Å². The summed E-state index contributed by atoms with van der Waals surface area (Å²) >= 11 is 0. The Morgan fingerprint density at radius 3 is 1.93 bits per heavy atom. The van der Waals surface area contributed by atoms with Gasteiger partial charge in [0.15, 0.2) is 0 Å². The van der Waals surface area contributed by atoms with Crippen molar-refractivity contribution < 1.29 is 14.2 Å². The van der Waals surface area contributed by atoms with Crippen LogP contribution in [0, 0.1) is 0 Å². The predicted molar refractivity (Wildman–Crippen MR) is 109 cm³/mol. The maximum Gasteiger partial charge on any atom is 0.135 e. The molecular weight excluding hydrogens is 340 g/mol. The van der Waals surface area contributed by atoms with Gasteiger partial charge in [0.1, 0.15) is 17.2 Å². The highest BCUT2D eigenvalue weighted by atomic mass is 16.5. The van der Waals surface area contributed by atoms with E-state index in [0.717, 1.165) is 11.3 Å². The summed E-state index contributed by atoms with van der Waals surface area (Å²) in [5.74, 6) is 1.81. The minimum atomic E-state index is 0.587. The van der Waals surface area contributed by atoms with E-state index in [1.54, 1.807) is 33.5 Å². The topological polar surface area (TPSA) is 66.1 Å². The van der Waals surface area contributed by atoms with Gasteiger partial charge in [0, 0.05) is 23.4 Å². The van der Waals surface area contributed by atoms with Gasteiger partial charge in [-0.15, -0.1) is 0 Å². The van der Waals surface area contributed by atoms with Crippen molar-refractivity contribution in [2.45, 2.75) is 0 Å². The molecule has 27 heavy (non-hydrogen) atoms. The van der Waals surface area contributed by atoms with Crippen LogP contribution in [0.15, 0.2) is 71.7 Å². The first-order valence-corrected chi connectivity index (χ1v) is 8.47. The third-order valence-electron chi connectivity index (χ3n) is 4.16. The van der Waals surface area contributed by atoms with E-state index in [2.05, 4.69) is 0 Å². The molecule has 0 aliphatic carbocycles. The van der Waals surface area contributed by atoms with Crippen molar-refractivity contribution in [1.82, 2.24) is 0 Å². The minimum absolute atomic E-state index is 0.587. The van der Waals surface area contributed by atoms with Crippen molar-refractivity contribution in [3.05, 3.63) is 77.9 Å². The van der Waals surface area contributed by atoms with Crippen molar-refractivity contribution in [1.29, 1.82) is 0 Å². The summed E-state index contributed by atoms with van der Waals surface area (Å²) in [4.78, 5) is 4.87. The first-order chi connectivity index (χ1) is 13.2. The van der Waals surface area contributed by atoms with Crippen LogP contribution < -0.4 is 19.9 Å². The lowest BCUT2D eigenvalue weighted by Crippen LogP contribution is -2.10. The third kappa shape index (κ3) is 3.87. The fraction of sp³-hybridized carbons (Fsp3) is 0.136. The molecule has 0 saturated carbocycles. The second-order valence-electron chi connectivity index (χ2n) is 5.79.